The molecular weight excluding hydrogens is 392 g/mol. The lowest BCUT2D eigenvalue weighted by atomic mass is 10.1. The second-order valence-electron chi connectivity index (χ2n) is 6.93. The van der Waals surface area contributed by atoms with Crippen molar-refractivity contribution in [2.45, 2.75) is 44.8 Å². The van der Waals surface area contributed by atoms with E-state index in [1.54, 1.807) is 11.9 Å². The monoisotopic (exact) mass is 414 g/mol. The molecule has 2 heterocycles. The Morgan fingerprint density at radius 1 is 1.31 bits per heavy atom. The summed E-state index contributed by atoms with van der Waals surface area (Å²) in [5.74, 6) is -0.0480. The van der Waals surface area contributed by atoms with Gasteiger partial charge in [0.1, 0.15) is 11.8 Å². The fraction of sp³-hybridized carbons (Fsp3) is 0.421. The second-order valence-corrected chi connectivity index (χ2v) is 7.32. The van der Waals surface area contributed by atoms with Gasteiger partial charge < -0.3 is 10.1 Å². The number of H-pyrrole nitrogens is 1. The third-order valence-electron chi connectivity index (χ3n) is 4.86. The van der Waals surface area contributed by atoms with E-state index in [0.29, 0.717) is 16.6 Å². The molecule has 10 heteroatoms. The van der Waals surface area contributed by atoms with E-state index < -0.39 is 12.0 Å². The van der Waals surface area contributed by atoms with Gasteiger partial charge in [0.25, 0.3) is 0 Å². The van der Waals surface area contributed by atoms with Gasteiger partial charge in [0.05, 0.1) is 18.8 Å². The van der Waals surface area contributed by atoms with Gasteiger partial charge in [0.2, 0.25) is 5.91 Å². The van der Waals surface area contributed by atoms with E-state index in [1.807, 2.05) is 34.9 Å². The lowest BCUT2D eigenvalue weighted by Crippen LogP contribution is -2.42. The molecule has 152 valence electrons. The molecule has 2 N–H and O–H groups in total. The zero-order valence-electron chi connectivity index (χ0n) is 16.0. The molecule has 1 fully saturated rings. The zero-order chi connectivity index (χ0) is 20.4. The van der Waals surface area contributed by atoms with Crippen molar-refractivity contribution in [1.82, 2.24) is 20.1 Å². The molecule has 1 unspecified atom stereocenters. The fourth-order valence-corrected chi connectivity index (χ4v) is 3.63. The highest BCUT2D eigenvalue weighted by Crippen LogP contribution is 2.35. The highest BCUT2D eigenvalue weighted by Gasteiger charge is 2.37. The molecule has 2 aromatic rings. The van der Waals surface area contributed by atoms with Gasteiger partial charge >= 0.3 is 5.97 Å². The van der Waals surface area contributed by atoms with Crippen LogP contribution in [-0.2, 0) is 20.9 Å². The molecule has 9 nitrogen and oxygen atoms in total. The molecule has 0 saturated heterocycles. The van der Waals surface area contributed by atoms with Crippen LogP contribution in [0, 0.1) is 4.77 Å². The number of nitrogens with one attached hydrogen (secondary N) is 2. The Bertz CT molecular complexity index is 995. The number of hydrazone groups is 1. The number of benzene rings is 1. The van der Waals surface area contributed by atoms with Gasteiger partial charge in [-0.15, -0.1) is 0 Å². The number of para-hydroxylation sites is 1. The number of carbonyl (C=O) groups is 2. The normalized spacial score (nSPS) is 18.4. The van der Waals surface area contributed by atoms with E-state index in [1.165, 1.54) is 0 Å². The number of hydrogen-bond donors (Lipinski definition) is 2. The smallest absolute Gasteiger partial charge is 0.354 e. The number of nitrogens with zero attached hydrogens (tertiary/aromatic N) is 4. The Balaban J connectivity index is 1.50. The molecular formula is C19H22N6O3S. The van der Waals surface area contributed by atoms with Crippen molar-refractivity contribution in [3.8, 4) is 0 Å². The molecule has 0 radical (unpaired) electrons. The van der Waals surface area contributed by atoms with Crippen LogP contribution in [-0.4, -0.2) is 45.0 Å². The summed E-state index contributed by atoms with van der Waals surface area (Å²) in [6.07, 6.45) is 2.31. The lowest BCUT2D eigenvalue weighted by Gasteiger charge is -2.22. The number of esters is 1. The first-order valence-electron chi connectivity index (χ1n) is 9.61. The van der Waals surface area contributed by atoms with Crippen molar-refractivity contribution >= 4 is 35.5 Å². The van der Waals surface area contributed by atoms with Crippen LogP contribution in [0.25, 0.3) is 0 Å². The number of aromatic nitrogens is 3. The maximum Gasteiger partial charge on any atom is 0.354 e. The molecule has 1 saturated carbocycles. The topological polar surface area (TPSA) is 105 Å². The summed E-state index contributed by atoms with van der Waals surface area (Å²) < 4.78 is 7.59. The third kappa shape index (κ3) is 4.07. The quantitative estimate of drug-likeness (QED) is 0.531. The van der Waals surface area contributed by atoms with E-state index in [0.717, 1.165) is 18.5 Å². The Labute approximate surface area is 172 Å². The zero-order valence-corrected chi connectivity index (χ0v) is 16.8. The van der Waals surface area contributed by atoms with Crippen LogP contribution in [0.4, 0.5) is 5.69 Å². The van der Waals surface area contributed by atoms with Crippen LogP contribution in [0.1, 0.15) is 38.1 Å². The fourth-order valence-electron chi connectivity index (χ4n) is 3.33. The molecule has 29 heavy (non-hydrogen) atoms. The minimum Gasteiger partial charge on any atom is -0.461 e. The number of rotatable bonds is 7. The number of aromatic amines is 1. The molecule has 1 amide bonds. The Morgan fingerprint density at radius 3 is 2.76 bits per heavy atom. The van der Waals surface area contributed by atoms with E-state index in [9.17, 15) is 9.59 Å². The van der Waals surface area contributed by atoms with Crippen LogP contribution in [0.3, 0.4) is 0 Å². The molecule has 0 spiro atoms. The van der Waals surface area contributed by atoms with Crippen molar-refractivity contribution in [2.24, 2.45) is 5.10 Å². The summed E-state index contributed by atoms with van der Waals surface area (Å²) in [6.45, 7) is 2.24. The van der Waals surface area contributed by atoms with Gasteiger partial charge in [0, 0.05) is 12.5 Å². The predicted octanol–water partition coefficient (Wildman–Crippen LogP) is 2.09. The predicted molar refractivity (Wildman–Crippen MR) is 109 cm³/mol. The number of carbonyl (C=O) groups excluding carboxylic acids is 2. The molecule has 4 rings (SSSR count). The first-order chi connectivity index (χ1) is 14.1. The first-order valence-corrected chi connectivity index (χ1v) is 10.0. The molecule has 1 aromatic heterocycles. The average molecular weight is 414 g/mol. The summed E-state index contributed by atoms with van der Waals surface area (Å²) in [7, 11) is 0. The summed E-state index contributed by atoms with van der Waals surface area (Å²) >= 11 is 5.28. The highest BCUT2D eigenvalue weighted by atomic mass is 32.1. The number of ether oxygens (including phenoxy) is 1. The van der Waals surface area contributed by atoms with Crippen molar-refractivity contribution < 1.29 is 14.3 Å². The average Bonchev–Trinajstić information content (AvgIpc) is 3.34. The standard InChI is InChI=1S/C19H22N6O3S/c1-2-28-18(27)14-10-15(25(23-14)13-6-4-3-5-7-13)17(26)20-11-16-21-22-19(29)24(16)12-8-9-12/h3-7,12,15H,2,8-11H2,1H3,(H,20,26)(H,22,29). The minimum absolute atomic E-state index is 0.176. The minimum atomic E-state index is -0.645. The molecule has 1 aliphatic heterocycles. The van der Waals surface area contributed by atoms with Crippen LogP contribution >= 0.6 is 12.2 Å². The number of anilines is 1. The van der Waals surface area contributed by atoms with E-state index >= 15 is 0 Å². The highest BCUT2D eigenvalue weighted by molar-refractivity contribution is 7.71. The van der Waals surface area contributed by atoms with Crippen LogP contribution < -0.4 is 10.3 Å². The van der Waals surface area contributed by atoms with Gasteiger partial charge in [-0.05, 0) is 44.1 Å². The third-order valence-corrected chi connectivity index (χ3v) is 5.14. The first kappa shape index (κ1) is 19.3. The number of hydrogen-bond acceptors (Lipinski definition) is 7. The Morgan fingerprint density at radius 2 is 2.07 bits per heavy atom. The van der Waals surface area contributed by atoms with Gasteiger partial charge in [-0.1, -0.05) is 18.2 Å². The van der Waals surface area contributed by atoms with Gasteiger partial charge in [-0.2, -0.15) is 10.2 Å². The Hall–Kier alpha value is -3.01. The lowest BCUT2D eigenvalue weighted by molar-refractivity contribution is -0.135. The SMILES string of the molecule is CCOC(=O)C1=NN(c2ccccc2)C(C(=O)NCc2n[nH]c(=S)n2C2CC2)C1. The van der Waals surface area contributed by atoms with Crippen LogP contribution in [0.5, 0.6) is 0 Å². The van der Waals surface area contributed by atoms with Crippen LogP contribution in [0.2, 0.25) is 0 Å². The van der Waals surface area contributed by atoms with Crippen molar-refractivity contribution in [2.75, 3.05) is 11.6 Å². The Kier molecular flexibility index (Phi) is 5.43. The molecule has 0 bridgehead atoms. The van der Waals surface area contributed by atoms with E-state index in [-0.39, 0.29) is 31.2 Å². The largest absolute Gasteiger partial charge is 0.461 e. The second kappa shape index (κ2) is 8.16. The number of amides is 1. The molecule has 1 atom stereocenters. The van der Waals surface area contributed by atoms with Gasteiger partial charge in [0.15, 0.2) is 10.6 Å². The van der Waals surface area contributed by atoms with Crippen molar-refractivity contribution in [3.05, 3.63) is 40.9 Å². The van der Waals surface area contributed by atoms with Gasteiger partial charge in [-0.3, -0.25) is 19.5 Å². The van der Waals surface area contributed by atoms with Crippen molar-refractivity contribution in [1.29, 1.82) is 0 Å². The summed E-state index contributed by atoms with van der Waals surface area (Å²) in [5, 5.41) is 15.9. The summed E-state index contributed by atoms with van der Waals surface area (Å²) in [6, 6.07) is 9.00. The maximum atomic E-state index is 13.0. The van der Waals surface area contributed by atoms with Gasteiger partial charge in [-0.25, -0.2) is 4.79 Å². The summed E-state index contributed by atoms with van der Waals surface area (Å²) in [5.41, 5.74) is 0.962. The molecule has 1 aromatic carbocycles. The maximum absolute atomic E-state index is 13.0. The molecule has 1 aliphatic carbocycles. The summed E-state index contributed by atoms with van der Waals surface area (Å²) in [4.78, 5) is 25.1. The van der Waals surface area contributed by atoms with Crippen LogP contribution in [0.15, 0.2) is 35.4 Å². The van der Waals surface area contributed by atoms with E-state index in [2.05, 4.69) is 20.6 Å². The molecule has 2 aliphatic rings. The van der Waals surface area contributed by atoms with E-state index in [4.69, 9.17) is 17.0 Å². The van der Waals surface area contributed by atoms with Crippen molar-refractivity contribution in [3.63, 3.8) is 0 Å².